The number of aliphatic hydroxyl groups excluding tert-OH is 1. The van der Waals surface area contributed by atoms with Crippen molar-refractivity contribution in [3.8, 4) is 17.0 Å². The number of β-amino-alcohol motifs (C(OH)–C–C–N with tert-alkyl or cyclic N) is 1. The number of rotatable bonds is 8. The number of hydrogen-bond acceptors (Lipinski definition) is 5. The van der Waals surface area contributed by atoms with Crippen LogP contribution in [0.2, 0.25) is 0 Å². The van der Waals surface area contributed by atoms with Crippen molar-refractivity contribution < 1.29 is 18.8 Å². The number of likely N-dealkylation sites (tertiary alicyclic amines) is 1. The van der Waals surface area contributed by atoms with Crippen LogP contribution in [0.15, 0.2) is 77.3 Å². The van der Waals surface area contributed by atoms with E-state index in [0.29, 0.717) is 29.5 Å². The molecule has 0 amide bonds. The SMILES string of the molecule is OC(COc1ccc(-c2noc3cc(F)ccc23)cc1)CN1CCC(Cc2ccccc2)CC1. The van der Waals surface area contributed by atoms with Gasteiger partial charge in [0, 0.05) is 23.6 Å². The van der Waals surface area contributed by atoms with E-state index in [4.69, 9.17) is 9.26 Å². The Bertz CT molecular complexity index is 1200. The van der Waals surface area contributed by atoms with Gasteiger partial charge < -0.3 is 19.3 Å². The molecule has 1 N–H and O–H groups in total. The minimum Gasteiger partial charge on any atom is -0.491 e. The second-order valence-electron chi connectivity index (χ2n) is 9.09. The summed E-state index contributed by atoms with van der Waals surface area (Å²) in [6.45, 7) is 2.89. The average Bonchev–Trinajstić information content (AvgIpc) is 3.28. The Morgan fingerprint density at radius 1 is 1.03 bits per heavy atom. The molecule has 1 atom stereocenters. The molecule has 0 radical (unpaired) electrons. The molecule has 5 nitrogen and oxygen atoms in total. The maximum Gasteiger partial charge on any atom is 0.170 e. The van der Waals surface area contributed by atoms with E-state index in [9.17, 15) is 9.50 Å². The first-order chi connectivity index (χ1) is 16.6. The number of aliphatic hydroxyl groups is 1. The van der Waals surface area contributed by atoms with Crippen LogP contribution in [0.5, 0.6) is 5.75 Å². The zero-order valence-corrected chi connectivity index (χ0v) is 19.1. The summed E-state index contributed by atoms with van der Waals surface area (Å²) in [4.78, 5) is 2.33. The molecular formula is C28H29FN2O3. The summed E-state index contributed by atoms with van der Waals surface area (Å²) in [7, 11) is 0. The highest BCUT2D eigenvalue weighted by Gasteiger charge is 2.21. The van der Waals surface area contributed by atoms with Gasteiger partial charge in [0.2, 0.25) is 0 Å². The monoisotopic (exact) mass is 460 g/mol. The predicted molar refractivity (Wildman–Crippen MR) is 130 cm³/mol. The lowest BCUT2D eigenvalue weighted by Crippen LogP contribution is -2.41. The molecule has 1 fully saturated rings. The predicted octanol–water partition coefficient (Wildman–Crippen LogP) is 5.33. The largest absolute Gasteiger partial charge is 0.491 e. The summed E-state index contributed by atoms with van der Waals surface area (Å²) in [6, 6.07) is 22.5. The zero-order valence-electron chi connectivity index (χ0n) is 19.1. The van der Waals surface area contributed by atoms with Gasteiger partial charge in [-0.25, -0.2) is 4.39 Å². The van der Waals surface area contributed by atoms with Gasteiger partial charge in [-0.2, -0.15) is 0 Å². The third kappa shape index (κ3) is 5.46. The number of halogens is 1. The van der Waals surface area contributed by atoms with E-state index in [-0.39, 0.29) is 12.4 Å². The Labute approximate surface area is 198 Å². The highest BCUT2D eigenvalue weighted by Crippen LogP contribution is 2.29. The van der Waals surface area contributed by atoms with Gasteiger partial charge >= 0.3 is 0 Å². The van der Waals surface area contributed by atoms with Crippen LogP contribution in [0, 0.1) is 11.7 Å². The van der Waals surface area contributed by atoms with Gasteiger partial charge in [0.15, 0.2) is 5.58 Å². The highest BCUT2D eigenvalue weighted by atomic mass is 19.1. The summed E-state index contributed by atoms with van der Waals surface area (Å²) < 4.78 is 24.4. The fourth-order valence-corrected chi connectivity index (χ4v) is 4.69. The Kier molecular flexibility index (Phi) is 6.88. The summed E-state index contributed by atoms with van der Waals surface area (Å²) in [5.74, 6) is 1.05. The highest BCUT2D eigenvalue weighted by molar-refractivity contribution is 5.91. The number of piperidine rings is 1. The Hall–Kier alpha value is -3.22. The normalized spacial score (nSPS) is 16.1. The molecule has 4 aromatic rings. The van der Waals surface area contributed by atoms with E-state index in [0.717, 1.165) is 43.3 Å². The molecule has 2 heterocycles. The standard InChI is InChI=1S/C28H29FN2O3/c29-23-8-11-26-27(17-23)34-30-28(26)22-6-9-25(10-7-22)33-19-24(32)18-31-14-12-21(13-15-31)16-20-4-2-1-3-5-20/h1-11,17,21,24,32H,12-16,18-19H2. The van der Waals surface area contributed by atoms with E-state index in [1.165, 1.54) is 17.7 Å². The Balaban J connectivity index is 1.08. The van der Waals surface area contributed by atoms with Crippen molar-refractivity contribution in [3.05, 3.63) is 84.2 Å². The quantitative estimate of drug-likeness (QED) is 0.385. The second-order valence-corrected chi connectivity index (χ2v) is 9.09. The number of aromatic nitrogens is 1. The van der Waals surface area contributed by atoms with Gasteiger partial charge in [-0.1, -0.05) is 35.5 Å². The van der Waals surface area contributed by atoms with Crippen molar-refractivity contribution in [1.29, 1.82) is 0 Å². The van der Waals surface area contributed by atoms with Crippen molar-refractivity contribution in [2.75, 3.05) is 26.2 Å². The van der Waals surface area contributed by atoms with Crippen LogP contribution >= 0.6 is 0 Å². The van der Waals surface area contributed by atoms with Gasteiger partial charge in [-0.3, -0.25) is 0 Å². The number of fused-ring (bicyclic) bond motifs is 1. The number of ether oxygens (including phenoxy) is 1. The second kappa shape index (κ2) is 10.4. The molecule has 0 aliphatic carbocycles. The van der Waals surface area contributed by atoms with E-state index in [1.807, 2.05) is 24.3 Å². The van der Waals surface area contributed by atoms with Crippen LogP contribution in [-0.4, -0.2) is 47.5 Å². The molecule has 1 saturated heterocycles. The van der Waals surface area contributed by atoms with Crippen LogP contribution < -0.4 is 4.74 Å². The molecule has 6 heteroatoms. The van der Waals surface area contributed by atoms with Crippen molar-refractivity contribution in [2.45, 2.75) is 25.4 Å². The Morgan fingerprint density at radius 2 is 1.79 bits per heavy atom. The fraction of sp³-hybridized carbons (Fsp3) is 0.321. The van der Waals surface area contributed by atoms with Crippen LogP contribution in [0.25, 0.3) is 22.2 Å². The van der Waals surface area contributed by atoms with Gasteiger partial charge in [-0.15, -0.1) is 0 Å². The van der Waals surface area contributed by atoms with E-state index < -0.39 is 6.10 Å². The molecule has 0 spiro atoms. The maximum absolute atomic E-state index is 13.4. The van der Waals surface area contributed by atoms with Gasteiger partial charge in [0.25, 0.3) is 0 Å². The molecule has 5 rings (SSSR count). The maximum atomic E-state index is 13.4. The first kappa shape index (κ1) is 22.6. The number of hydrogen-bond donors (Lipinski definition) is 1. The number of nitrogens with zero attached hydrogens (tertiary/aromatic N) is 2. The van der Waals surface area contributed by atoms with Gasteiger partial charge in [0.05, 0.1) is 0 Å². The number of benzene rings is 3. The van der Waals surface area contributed by atoms with Crippen LogP contribution in [0.3, 0.4) is 0 Å². The molecule has 34 heavy (non-hydrogen) atoms. The topological polar surface area (TPSA) is 58.7 Å². The van der Waals surface area contributed by atoms with E-state index in [2.05, 4.69) is 40.4 Å². The van der Waals surface area contributed by atoms with Crippen LogP contribution in [0.1, 0.15) is 18.4 Å². The molecule has 1 unspecified atom stereocenters. The van der Waals surface area contributed by atoms with Crippen LogP contribution in [0.4, 0.5) is 4.39 Å². The molecule has 3 aromatic carbocycles. The summed E-state index contributed by atoms with van der Waals surface area (Å²) in [5, 5.41) is 15.3. The lowest BCUT2D eigenvalue weighted by molar-refractivity contribution is 0.0550. The molecule has 1 aromatic heterocycles. The van der Waals surface area contributed by atoms with Gasteiger partial charge in [0.1, 0.15) is 30.0 Å². The molecular weight excluding hydrogens is 431 g/mol. The third-order valence-electron chi connectivity index (χ3n) is 6.55. The molecule has 0 bridgehead atoms. The van der Waals surface area contributed by atoms with Crippen molar-refractivity contribution in [2.24, 2.45) is 5.92 Å². The van der Waals surface area contributed by atoms with Crippen LogP contribution in [-0.2, 0) is 6.42 Å². The fourth-order valence-electron chi connectivity index (χ4n) is 4.69. The van der Waals surface area contributed by atoms with E-state index in [1.54, 1.807) is 6.07 Å². The first-order valence-electron chi connectivity index (χ1n) is 11.9. The van der Waals surface area contributed by atoms with Crippen molar-refractivity contribution in [1.82, 2.24) is 10.1 Å². The molecule has 1 aliphatic rings. The lowest BCUT2D eigenvalue weighted by Gasteiger charge is -2.33. The first-order valence-corrected chi connectivity index (χ1v) is 11.9. The summed E-state index contributed by atoms with van der Waals surface area (Å²) in [5.41, 5.74) is 3.35. The summed E-state index contributed by atoms with van der Waals surface area (Å²) in [6.07, 6.45) is 2.91. The molecule has 0 saturated carbocycles. The third-order valence-corrected chi connectivity index (χ3v) is 6.55. The lowest BCUT2D eigenvalue weighted by atomic mass is 9.90. The molecule has 176 valence electrons. The zero-order chi connectivity index (χ0) is 23.3. The van der Waals surface area contributed by atoms with E-state index >= 15 is 0 Å². The average molecular weight is 461 g/mol. The van der Waals surface area contributed by atoms with Crippen molar-refractivity contribution >= 4 is 11.0 Å². The summed E-state index contributed by atoms with van der Waals surface area (Å²) >= 11 is 0. The van der Waals surface area contributed by atoms with Crippen molar-refractivity contribution in [3.63, 3.8) is 0 Å². The molecule has 1 aliphatic heterocycles. The van der Waals surface area contributed by atoms with Gasteiger partial charge in [-0.05, 0) is 80.2 Å². The smallest absolute Gasteiger partial charge is 0.170 e. The minimum absolute atomic E-state index is 0.245. The minimum atomic E-state index is -0.542. The Morgan fingerprint density at radius 3 is 2.56 bits per heavy atom.